The van der Waals surface area contributed by atoms with Crippen LogP contribution in [0.4, 0.5) is 5.82 Å². The van der Waals surface area contributed by atoms with Gasteiger partial charge in [-0.25, -0.2) is 9.97 Å². The summed E-state index contributed by atoms with van der Waals surface area (Å²) >= 11 is 0. The number of aromatic nitrogens is 5. The molecule has 1 aliphatic heterocycles. The summed E-state index contributed by atoms with van der Waals surface area (Å²) in [5.74, 6) is 2.18. The number of ether oxygens (including phenoxy) is 1. The predicted octanol–water partition coefficient (Wildman–Crippen LogP) is 3.71. The summed E-state index contributed by atoms with van der Waals surface area (Å²) in [7, 11) is 1.69. The molecule has 192 valence electrons. The summed E-state index contributed by atoms with van der Waals surface area (Å²) in [4.78, 5) is 14.1. The van der Waals surface area contributed by atoms with Gasteiger partial charge in [0.05, 0.1) is 19.9 Å². The molecule has 0 amide bonds. The molecule has 0 saturated carbocycles. The number of allylic oxidation sites excluding steroid dienone is 2. The Morgan fingerprint density at radius 2 is 2.03 bits per heavy atom. The second kappa shape index (κ2) is 10.5. The zero-order valence-corrected chi connectivity index (χ0v) is 21.5. The van der Waals surface area contributed by atoms with Gasteiger partial charge in [-0.3, -0.25) is 9.67 Å². The molecule has 0 bridgehead atoms. The van der Waals surface area contributed by atoms with E-state index in [9.17, 15) is 5.11 Å². The van der Waals surface area contributed by atoms with Gasteiger partial charge in [0, 0.05) is 18.8 Å². The van der Waals surface area contributed by atoms with Crippen LogP contribution in [0, 0.1) is 12.3 Å². The van der Waals surface area contributed by atoms with E-state index in [2.05, 4.69) is 39.8 Å². The zero-order valence-electron chi connectivity index (χ0n) is 21.5. The first kappa shape index (κ1) is 24.6. The number of piperidine rings is 1. The van der Waals surface area contributed by atoms with E-state index in [0.717, 1.165) is 66.2 Å². The topological polar surface area (TPSA) is 110 Å². The minimum Gasteiger partial charge on any atom is -0.495 e. The number of hydrogen-bond acceptors (Lipinski definition) is 8. The van der Waals surface area contributed by atoms with Crippen LogP contribution >= 0.6 is 0 Å². The van der Waals surface area contributed by atoms with Crippen molar-refractivity contribution in [3.8, 4) is 5.75 Å². The van der Waals surface area contributed by atoms with Crippen LogP contribution in [0.3, 0.4) is 0 Å². The van der Waals surface area contributed by atoms with Gasteiger partial charge in [-0.2, -0.15) is 5.10 Å². The fourth-order valence-electron chi connectivity index (χ4n) is 5.56. The van der Waals surface area contributed by atoms with Crippen LogP contribution < -0.4 is 15.4 Å². The van der Waals surface area contributed by atoms with Crippen molar-refractivity contribution in [1.29, 1.82) is 0 Å². The number of anilines is 1. The summed E-state index contributed by atoms with van der Waals surface area (Å²) in [5, 5.41) is 21.1. The maximum absolute atomic E-state index is 9.51. The Morgan fingerprint density at radius 1 is 1.22 bits per heavy atom. The third-order valence-electron chi connectivity index (χ3n) is 7.50. The largest absolute Gasteiger partial charge is 0.495 e. The molecule has 9 heteroatoms. The van der Waals surface area contributed by atoms with Crippen molar-refractivity contribution in [3.63, 3.8) is 0 Å². The van der Waals surface area contributed by atoms with Crippen molar-refractivity contribution < 1.29 is 9.84 Å². The highest BCUT2D eigenvalue weighted by Gasteiger charge is 2.38. The third-order valence-corrected chi connectivity index (χ3v) is 7.50. The molecule has 0 radical (unpaired) electrons. The van der Waals surface area contributed by atoms with Gasteiger partial charge in [0.15, 0.2) is 5.82 Å². The van der Waals surface area contributed by atoms with Gasteiger partial charge >= 0.3 is 0 Å². The van der Waals surface area contributed by atoms with Gasteiger partial charge < -0.3 is 20.5 Å². The lowest BCUT2D eigenvalue weighted by Crippen LogP contribution is -2.39. The van der Waals surface area contributed by atoms with Crippen LogP contribution in [-0.2, 0) is 6.54 Å². The molecule has 1 aliphatic carbocycles. The lowest BCUT2D eigenvalue weighted by molar-refractivity contribution is 0.257. The Bertz CT molecular complexity index is 1240. The van der Waals surface area contributed by atoms with Crippen LogP contribution in [0.15, 0.2) is 24.5 Å². The van der Waals surface area contributed by atoms with Crippen LogP contribution in [0.5, 0.6) is 5.75 Å². The number of aliphatic hydroxyl groups excluding tert-OH is 1. The van der Waals surface area contributed by atoms with E-state index in [1.807, 2.05) is 17.8 Å². The van der Waals surface area contributed by atoms with E-state index < -0.39 is 0 Å². The Morgan fingerprint density at radius 3 is 2.75 bits per heavy atom. The number of rotatable bonds is 10. The highest BCUT2D eigenvalue weighted by atomic mass is 16.5. The fraction of sp³-hybridized carbons (Fsp3) is 0.556. The minimum absolute atomic E-state index is 0.131. The highest BCUT2D eigenvalue weighted by molar-refractivity contribution is 5.85. The summed E-state index contributed by atoms with van der Waals surface area (Å²) < 4.78 is 7.65. The predicted molar refractivity (Wildman–Crippen MR) is 141 cm³/mol. The SMILES string of the molecule is CCC[C@@H](CCO)Nc1nc(C)nc2cnn(Cc3ncc(C4=CC5(CCNCC5)C4)cc3OC)c12. The highest BCUT2D eigenvalue weighted by Crippen LogP contribution is 2.50. The maximum atomic E-state index is 9.51. The molecular formula is C27H37N7O2. The average molecular weight is 492 g/mol. The number of methoxy groups -OCH3 is 1. The Kier molecular flexibility index (Phi) is 7.20. The van der Waals surface area contributed by atoms with Gasteiger partial charge in [0.1, 0.15) is 28.3 Å². The van der Waals surface area contributed by atoms with Gasteiger partial charge in [-0.15, -0.1) is 0 Å². The van der Waals surface area contributed by atoms with Crippen molar-refractivity contribution in [2.45, 2.75) is 65.0 Å². The summed E-state index contributed by atoms with van der Waals surface area (Å²) in [6.07, 6.45) is 12.3. The smallest absolute Gasteiger partial charge is 0.156 e. The molecular weight excluding hydrogens is 454 g/mol. The van der Waals surface area contributed by atoms with Gasteiger partial charge in [0.2, 0.25) is 0 Å². The van der Waals surface area contributed by atoms with Crippen molar-refractivity contribution in [2.24, 2.45) is 5.41 Å². The molecule has 5 rings (SSSR count). The van der Waals surface area contributed by atoms with Gasteiger partial charge in [-0.1, -0.05) is 19.4 Å². The van der Waals surface area contributed by atoms with E-state index in [1.165, 1.54) is 18.4 Å². The minimum atomic E-state index is 0.131. The Balaban J connectivity index is 1.42. The number of nitrogens with one attached hydrogen (secondary N) is 2. The van der Waals surface area contributed by atoms with Crippen molar-refractivity contribution in [3.05, 3.63) is 41.6 Å². The Labute approximate surface area is 212 Å². The number of aryl methyl sites for hydroxylation is 1. The quantitative estimate of drug-likeness (QED) is 0.394. The molecule has 36 heavy (non-hydrogen) atoms. The third kappa shape index (κ3) is 4.95. The number of aliphatic hydroxyl groups is 1. The van der Waals surface area contributed by atoms with E-state index in [4.69, 9.17) is 14.7 Å². The summed E-state index contributed by atoms with van der Waals surface area (Å²) in [6.45, 7) is 6.80. The molecule has 0 unspecified atom stereocenters. The first-order valence-electron chi connectivity index (χ1n) is 13.1. The lowest BCUT2D eigenvalue weighted by Gasteiger charge is -2.43. The van der Waals surface area contributed by atoms with E-state index in [-0.39, 0.29) is 12.6 Å². The first-order valence-corrected chi connectivity index (χ1v) is 13.1. The summed E-state index contributed by atoms with van der Waals surface area (Å²) in [6, 6.07) is 2.23. The second-order valence-corrected chi connectivity index (χ2v) is 10.1. The zero-order chi connectivity index (χ0) is 25.1. The molecule has 4 heterocycles. The molecule has 0 aromatic carbocycles. The van der Waals surface area contributed by atoms with Crippen molar-refractivity contribution >= 4 is 22.4 Å². The molecule has 2 aliphatic rings. The first-order chi connectivity index (χ1) is 17.5. The molecule has 3 N–H and O–H groups in total. The summed E-state index contributed by atoms with van der Waals surface area (Å²) in [5.41, 5.74) is 5.30. The van der Waals surface area contributed by atoms with Crippen molar-refractivity contribution in [2.75, 3.05) is 32.1 Å². The fourth-order valence-corrected chi connectivity index (χ4v) is 5.56. The average Bonchev–Trinajstić information content (AvgIpc) is 3.26. The number of hydrogen-bond donors (Lipinski definition) is 3. The molecule has 1 spiro atoms. The number of fused-ring (bicyclic) bond motifs is 1. The van der Waals surface area contributed by atoms with Gasteiger partial charge in [0.25, 0.3) is 0 Å². The van der Waals surface area contributed by atoms with Gasteiger partial charge in [-0.05, 0) is 74.7 Å². The number of nitrogens with zero attached hydrogens (tertiary/aromatic N) is 5. The molecule has 9 nitrogen and oxygen atoms in total. The molecule has 3 aromatic rings. The number of pyridine rings is 1. The second-order valence-electron chi connectivity index (χ2n) is 10.1. The molecule has 1 atom stereocenters. The van der Waals surface area contributed by atoms with E-state index >= 15 is 0 Å². The molecule has 3 aromatic heterocycles. The van der Waals surface area contributed by atoms with E-state index in [0.29, 0.717) is 24.2 Å². The van der Waals surface area contributed by atoms with Crippen LogP contribution in [0.2, 0.25) is 0 Å². The maximum Gasteiger partial charge on any atom is 0.156 e. The van der Waals surface area contributed by atoms with Crippen LogP contribution in [-0.4, -0.2) is 62.7 Å². The monoisotopic (exact) mass is 491 g/mol. The van der Waals surface area contributed by atoms with E-state index in [1.54, 1.807) is 13.3 Å². The van der Waals surface area contributed by atoms with Crippen LogP contribution in [0.25, 0.3) is 16.6 Å². The van der Waals surface area contributed by atoms with Crippen molar-refractivity contribution in [1.82, 2.24) is 30.0 Å². The Hall–Kier alpha value is -3.04. The standard InChI is InChI=1S/C27H37N7O2/c1-4-5-21(6-11-35)33-26-25-22(31-18(2)32-26)16-30-34(25)17-23-24(36-3)12-19(15-29-23)20-13-27(14-20)7-9-28-10-8-27/h12-13,15-16,21,28,35H,4-11,14,17H2,1-3H3,(H,31,32,33)/t21-/m0/s1. The molecule has 1 fully saturated rings. The lowest BCUT2D eigenvalue weighted by atomic mass is 9.64. The molecule has 1 saturated heterocycles. The van der Waals surface area contributed by atoms with Crippen LogP contribution in [0.1, 0.15) is 62.5 Å². The normalized spacial score (nSPS) is 17.6.